The molecular weight excluding hydrogens is 422 g/mol. The molecule has 0 saturated carbocycles. The zero-order valence-corrected chi connectivity index (χ0v) is 19.7. The number of carbonyl (C=O) groups excluding carboxylic acids is 2. The van der Waals surface area contributed by atoms with E-state index >= 15 is 0 Å². The van der Waals surface area contributed by atoms with Crippen LogP contribution in [0.5, 0.6) is 5.75 Å². The van der Waals surface area contributed by atoms with Gasteiger partial charge in [0.25, 0.3) is 0 Å². The first-order chi connectivity index (χ1) is 15.5. The van der Waals surface area contributed by atoms with Crippen molar-refractivity contribution in [3.05, 3.63) is 64.5 Å². The van der Waals surface area contributed by atoms with Crippen molar-refractivity contribution in [1.82, 2.24) is 5.32 Å². The van der Waals surface area contributed by atoms with Gasteiger partial charge >= 0.3 is 17.7 Å². The lowest BCUT2D eigenvalue weighted by Gasteiger charge is -2.24. The zero-order valence-electron chi connectivity index (χ0n) is 19.7. The van der Waals surface area contributed by atoms with E-state index in [1.807, 2.05) is 30.3 Å². The lowest BCUT2D eigenvalue weighted by molar-refractivity contribution is -0.138. The van der Waals surface area contributed by atoms with Gasteiger partial charge in [0.1, 0.15) is 23.0 Å². The molecule has 1 atom stereocenters. The van der Waals surface area contributed by atoms with Crippen LogP contribution in [0.2, 0.25) is 0 Å². The number of hydrogen-bond donors (Lipinski definition) is 1. The summed E-state index contributed by atoms with van der Waals surface area (Å²) in [5.41, 5.74) is 1.26. The number of carbonyl (C=O) groups is 2. The van der Waals surface area contributed by atoms with E-state index in [4.69, 9.17) is 13.9 Å². The zero-order chi connectivity index (χ0) is 24.3. The molecule has 1 N–H and O–H groups in total. The highest BCUT2D eigenvalue weighted by Crippen LogP contribution is 2.33. The summed E-state index contributed by atoms with van der Waals surface area (Å²) in [6.07, 6.45) is -0.702. The highest BCUT2D eigenvalue weighted by atomic mass is 16.6. The first kappa shape index (κ1) is 24.0. The summed E-state index contributed by atoms with van der Waals surface area (Å²) >= 11 is 0. The normalized spacial score (nSPS) is 12.5. The predicted octanol–water partition coefficient (Wildman–Crippen LogP) is 5.22. The number of alkyl carbamates (subject to hydrolysis) is 1. The van der Waals surface area contributed by atoms with E-state index in [1.54, 1.807) is 53.7 Å². The molecule has 33 heavy (non-hydrogen) atoms. The van der Waals surface area contributed by atoms with Gasteiger partial charge in [-0.15, -0.1) is 0 Å². The number of ether oxygens (including phenoxy) is 2. The van der Waals surface area contributed by atoms with Crippen LogP contribution in [0.3, 0.4) is 0 Å². The molecule has 1 unspecified atom stereocenters. The van der Waals surface area contributed by atoms with Crippen molar-refractivity contribution in [3.8, 4) is 16.9 Å². The Balaban J connectivity index is 1.92. The maximum atomic E-state index is 12.9. The van der Waals surface area contributed by atoms with Crippen LogP contribution in [0.4, 0.5) is 4.79 Å². The Morgan fingerprint density at radius 1 is 1.03 bits per heavy atom. The molecule has 3 rings (SSSR count). The largest absolute Gasteiger partial charge is 0.444 e. The molecule has 0 aliphatic heterocycles. The molecule has 7 heteroatoms. The van der Waals surface area contributed by atoms with Crippen molar-refractivity contribution >= 4 is 23.0 Å². The first-order valence-corrected chi connectivity index (χ1v) is 10.8. The van der Waals surface area contributed by atoms with Gasteiger partial charge in [-0.1, -0.05) is 44.2 Å². The molecule has 0 radical (unpaired) electrons. The van der Waals surface area contributed by atoms with E-state index < -0.39 is 29.3 Å². The van der Waals surface area contributed by atoms with Gasteiger partial charge in [0.15, 0.2) is 0 Å². The second-order valence-corrected chi connectivity index (χ2v) is 9.20. The molecule has 174 valence electrons. The van der Waals surface area contributed by atoms with Crippen molar-refractivity contribution in [1.29, 1.82) is 0 Å². The fourth-order valence-corrected chi connectivity index (χ4v) is 3.41. The molecule has 2 aromatic carbocycles. The van der Waals surface area contributed by atoms with Crippen LogP contribution in [0.1, 0.15) is 40.2 Å². The number of rotatable bonds is 5. The van der Waals surface area contributed by atoms with Crippen LogP contribution in [0, 0.1) is 12.8 Å². The molecule has 0 aliphatic carbocycles. The number of hydrogen-bond acceptors (Lipinski definition) is 6. The fraction of sp³-hybridized carbons (Fsp3) is 0.346. The van der Waals surface area contributed by atoms with Gasteiger partial charge in [-0.05, 0) is 56.9 Å². The first-order valence-electron chi connectivity index (χ1n) is 10.8. The van der Waals surface area contributed by atoms with Crippen LogP contribution < -0.4 is 15.7 Å². The minimum atomic E-state index is -0.919. The van der Waals surface area contributed by atoms with Crippen LogP contribution in [0.25, 0.3) is 22.1 Å². The lowest BCUT2D eigenvalue weighted by Crippen LogP contribution is -2.48. The Hall–Kier alpha value is -3.61. The third kappa shape index (κ3) is 5.80. The van der Waals surface area contributed by atoms with E-state index in [1.165, 1.54) is 6.07 Å². The Labute approximate surface area is 192 Å². The highest BCUT2D eigenvalue weighted by Gasteiger charge is 2.29. The van der Waals surface area contributed by atoms with Crippen molar-refractivity contribution in [3.63, 3.8) is 0 Å². The Morgan fingerprint density at radius 3 is 2.30 bits per heavy atom. The second-order valence-electron chi connectivity index (χ2n) is 9.20. The highest BCUT2D eigenvalue weighted by molar-refractivity contribution is 5.96. The number of benzene rings is 2. The summed E-state index contributed by atoms with van der Waals surface area (Å²) in [5.74, 6) is -0.634. The molecule has 1 aromatic heterocycles. The Kier molecular flexibility index (Phi) is 6.91. The molecule has 0 bridgehead atoms. The summed E-state index contributed by atoms with van der Waals surface area (Å²) < 4.78 is 16.4. The monoisotopic (exact) mass is 451 g/mol. The van der Waals surface area contributed by atoms with Gasteiger partial charge in [0.2, 0.25) is 0 Å². The number of aryl methyl sites for hydroxylation is 1. The van der Waals surface area contributed by atoms with Crippen LogP contribution in [-0.4, -0.2) is 23.7 Å². The van der Waals surface area contributed by atoms with Crippen molar-refractivity contribution < 1.29 is 23.5 Å². The Bertz CT molecular complexity index is 1220. The van der Waals surface area contributed by atoms with E-state index in [0.29, 0.717) is 11.1 Å². The second kappa shape index (κ2) is 9.48. The maximum absolute atomic E-state index is 12.9. The van der Waals surface area contributed by atoms with Crippen molar-refractivity contribution in [2.24, 2.45) is 5.92 Å². The molecule has 1 amide bonds. The maximum Gasteiger partial charge on any atom is 0.408 e. The predicted molar refractivity (Wildman–Crippen MR) is 126 cm³/mol. The number of amides is 1. The third-order valence-electron chi connectivity index (χ3n) is 5.00. The smallest absolute Gasteiger partial charge is 0.408 e. The SMILES string of the molecule is Cc1c(OC(=O)C(NC(=O)OC(C)(C)C)C(C)C)ccc2c(-c3ccccc3)cc(=O)oc12. The molecule has 3 aromatic rings. The van der Waals surface area contributed by atoms with Gasteiger partial charge < -0.3 is 19.2 Å². The molecule has 0 spiro atoms. The van der Waals surface area contributed by atoms with Crippen LogP contribution >= 0.6 is 0 Å². The molecule has 0 saturated heterocycles. The van der Waals surface area contributed by atoms with Gasteiger partial charge in [-0.2, -0.15) is 0 Å². The molecule has 0 aliphatic rings. The average molecular weight is 452 g/mol. The summed E-state index contributed by atoms with van der Waals surface area (Å²) in [5, 5.41) is 3.31. The van der Waals surface area contributed by atoms with Crippen LogP contribution in [-0.2, 0) is 9.53 Å². The average Bonchev–Trinajstić information content (AvgIpc) is 2.73. The standard InChI is InChI=1S/C26H29NO6/c1-15(2)22(27-25(30)33-26(4,5)6)24(29)31-20-13-12-18-19(17-10-8-7-9-11-17)14-21(28)32-23(18)16(20)3/h7-15,22H,1-6H3,(H,27,30). The number of esters is 1. The number of nitrogens with one attached hydrogen (secondary N) is 1. The topological polar surface area (TPSA) is 94.8 Å². The summed E-state index contributed by atoms with van der Waals surface area (Å²) in [6.45, 7) is 10.5. The van der Waals surface area contributed by atoms with E-state index in [-0.39, 0.29) is 11.7 Å². The molecule has 0 fully saturated rings. The quantitative estimate of drug-likeness (QED) is 0.325. The minimum absolute atomic E-state index is 0.242. The lowest BCUT2D eigenvalue weighted by atomic mass is 10.00. The van der Waals surface area contributed by atoms with E-state index in [0.717, 1.165) is 16.5 Å². The Morgan fingerprint density at radius 2 is 1.70 bits per heavy atom. The molecular formula is C26H29NO6. The summed E-state index contributed by atoms with van der Waals surface area (Å²) in [6, 6.07) is 13.4. The van der Waals surface area contributed by atoms with Crippen molar-refractivity contribution in [2.75, 3.05) is 0 Å². The van der Waals surface area contributed by atoms with Gasteiger partial charge in [-0.3, -0.25) is 0 Å². The fourth-order valence-electron chi connectivity index (χ4n) is 3.41. The third-order valence-corrected chi connectivity index (χ3v) is 5.00. The van der Waals surface area contributed by atoms with Crippen LogP contribution in [0.15, 0.2) is 57.7 Å². The van der Waals surface area contributed by atoms with Gasteiger partial charge in [0.05, 0.1) is 0 Å². The van der Waals surface area contributed by atoms with Gasteiger partial charge in [-0.25, -0.2) is 14.4 Å². The van der Waals surface area contributed by atoms with Gasteiger partial charge in [0, 0.05) is 17.0 Å². The van der Waals surface area contributed by atoms with E-state index in [2.05, 4.69) is 5.32 Å². The summed E-state index contributed by atoms with van der Waals surface area (Å²) in [4.78, 5) is 37.4. The molecule has 1 heterocycles. The van der Waals surface area contributed by atoms with E-state index in [9.17, 15) is 14.4 Å². The minimum Gasteiger partial charge on any atom is -0.444 e. The molecule has 7 nitrogen and oxygen atoms in total. The van der Waals surface area contributed by atoms with Crippen molar-refractivity contribution in [2.45, 2.75) is 53.2 Å². The number of fused-ring (bicyclic) bond motifs is 1. The summed E-state index contributed by atoms with van der Waals surface area (Å²) in [7, 11) is 0.